The summed E-state index contributed by atoms with van der Waals surface area (Å²) in [7, 11) is 0. The molecule has 11 atom stereocenters. The fourth-order valence-corrected chi connectivity index (χ4v) is 6.91. The van der Waals surface area contributed by atoms with E-state index in [1.54, 1.807) is 0 Å². The third-order valence-electron chi connectivity index (χ3n) is 6.62. The van der Waals surface area contributed by atoms with Gasteiger partial charge in [-0.3, -0.25) is 0 Å². The van der Waals surface area contributed by atoms with Crippen molar-refractivity contribution in [1.82, 2.24) is 0 Å². The lowest BCUT2D eigenvalue weighted by molar-refractivity contribution is 0.0368. The van der Waals surface area contributed by atoms with Gasteiger partial charge < -0.3 is 9.84 Å². The standard InChI is InChI=1S/C11H12O2/c12-9-3-1-2-4(9)8-7(3)10-5(1)6(2)11(8)13-10/h1-12H/t1-,2+,3+,4-,5-,6+,7-,8+,9?,10-,11+. The van der Waals surface area contributed by atoms with Gasteiger partial charge in [0.15, 0.2) is 0 Å². The molecule has 1 N–H and O–H groups in total. The van der Waals surface area contributed by atoms with Crippen molar-refractivity contribution in [1.29, 1.82) is 0 Å². The summed E-state index contributed by atoms with van der Waals surface area (Å²) in [6.07, 6.45) is 1.29. The van der Waals surface area contributed by atoms with E-state index in [2.05, 4.69) is 0 Å². The first-order valence-electron chi connectivity index (χ1n) is 5.73. The van der Waals surface area contributed by atoms with Crippen LogP contribution in [0.15, 0.2) is 0 Å². The molecule has 7 fully saturated rings. The summed E-state index contributed by atoms with van der Waals surface area (Å²) in [4.78, 5) is 0. The maximum absolute atomic E-state index is 10.2. The lowest BCUT2D eigenvalue weighted by Crippen LogP contribution is -2.43. The Morgan fingerprint density at radius 3 is 1.62 bits per heavy atom. The Balaban J connectivity index is 1.80. The van der Waals surface area contributed by atoms with E-state index < -0.39 is 0 Å². The fourth-order valence-electron chi connectivity index (χ4n) is 6.91. The second kappa shape index (κ2) is 1.24. The minimum absolute atomic E-state index is 0.0800. The Labute approximate surface area is 76.3 Å². The van der Waals surface area contributed by atoms with Gasteiger partial charge in [-0.2, -0.15) is 0 Å². The van der Waals surface area contributed by atoms with Gasteiger partial charge in [-0.1, -0.05) is 0 Å². The van der Waals surface area contributed by atoms with Crippen molar-refractivity contribution in [3.63, 3.8) is 0 Å². The Hall–Kier alpha value is -0.0800. The predicted molar refractivity (Wildman–Crippen MR) is 42.6 cm³/mol. The predicted octanol–water partition coefficient (Wildman–Crippen LogP) is 0.112. The van der Waals surface area contributed by atoms with Crippen LogP contribution >= 0.6 is 0 Å². The largest absolute Gasteiger partial charge is 0.393 e. The minimum Gasteiger partial charge on any atom is -0.393 e. The Morgan fingerprint density at radius 2 is 1.08 bits per heavy atom. The zero-order chi connectivity index (χ0) is 8.06. The summed E-state index contributed by atoms with van der Waals surface area (Å²) >= 11 is 0. The van der Waals surface area contributed by atoms with Crippen molar-refractivity contribution in [2.45, 2.75) is 18.3 Å². The van der Waals surface area contributed by atoms with Gasteiger partial charge in [0.05, 0.1) is 18.3 Å². The molecule has 2 heterocycles. The van der Waals surface area contributed by atoms with Crippen molar-refractivity contribution in [3.05, 3.63) is 0 Å². The highest BCUT2D eigenvalue weighted by molar-refractivity contribution is 5.36. The molecule has 7 rings (SSSR count). The number of rotatable bonds is 0. The molecule has 2 heteroatoms. The zero-order valence-electron chi connectivity index (χ0n) is 7.21. The molecular formula is C11H12O2. The molecule has 2 aliphatic heterocycles. The van der Waals surface area contributed by atoms with Gasteiger partial charge in [0.1, 0.15) is 0 Å². The van der Waals surface area contributed by atoms with Gasteiger partial charge in [-0.15, -0.1) is 0 Å². The Kier molecular flexibility index (Phi) is 0.543. The van der Waals surface area contributed by atoms with Gasteiger partial charge in [-0.25, -0.2) is 0 Å². The topological polar surface area (TPSA) is 29.5 Å². The van der Waals surface area contributed by atoms with Gasteiger partial charge in [-0.05, 0) is 47.3 Å². The van der Waals surface area contributed by atoms with Crippen molar-refractivity contribution in [2.24, 2.45) is 47.3 Å². The third-order valence-corrected chi connectivity index (χ3v) is 6.62. The van der Waals surface area contributed by atoms with E-state index >= 15 is 0 Å². The van der Waals surface area contributed by atoms with E-state index in [0.717, 1.165) is 35.5 Å². The minimum atomic E-state index is 0.0800. The monoisotopic (exact) mass is 176 g/mol. The summed E-state index contributed by atoms with van der Waals surface area (Å²) in [5.41, 5.74) is 0. The van der Waals surface area contributed by atoms with Gasteiger partial charge in [0, 0.05) is 0 Å². The number of hydrogen-bond donors (Lipinski definition) is 1. The van der Waals surface area contributed by atoms with E-state index in [0.29, 0.717) is 24.0 Å². The molecule has 0 aromatic heterocycles. The maximum atomic E-state index is 10.2. The molecule has 7 aliphatic rings. The third kappa shape index (κ3) is 0.287. The average molecular weight is 176 g/mol. The van der Waals surface area contributed by atoms with Gasteiger partial charge in [0.25, 0.3) is 0 Å². The number of hydrogen-bond acceptors (Lipinski definition) is 2. The summed E-state index contributed by atoms with van der Waals surface area (Å²) in [6, 6.07) is 0. The van der Waals surface area contributed by atoms with Crippen LogP contribution in [0.25, 0.3) is 0 Å². The first-order valence-corrected chi connectivity index (χ1v) is 5.73. The van der Waals surface area contributed by atoms with Crippen LogP contribution in [-0.2, 0) is 4.74 Å². The lowest BCUT2D eigenvalue weighted by atomic mass is 9.60. The van der Waals surface area contributed by atoms with E-state index in [9.17, 15) is 5.11 Å². The molecule has 1 unspecified atom stereocenters. The van der Waals surface area contributed by atoms with Crippen LogP contribution in [0.3, 0.4) is 0 Å². The molecule has 0 radical (unpaired) electrons. The van der Waals surface area contributed by atoms with Crippen LogP contribution in [0, 0.1) is 47.3 Å². The van der Waals surface area contributed by atoms with Crippen LogP contribution in [0.1, 0.15) is 0 Å². The highest BCUT2D eigenvalue weighted by atomic mass is 16.5. The first kappa shape index (κ1) is 5.72. The molecule has 5 aliphatic carbocycles. The van der Waals surface area contributed by atoms with Crippen LogP contribution in [0.2, 0.25) is 0 Å². The molecule has 0 amide bonds. The first-order chi connectivity index (χ1) is 6.39. The zero-order valence-corrected chi connectivity index (χ0v) is 7.21. The molecule has 2 nitrogen and oxygen atoms in total. The van der Waals surface area contributed by atoms with Crippen molar-refractivity contribution >= 4 is 0 Å². The number of aliphatic hydroxyl groups is 1. The van der Waals surface area contributed by atoms with Gasteiger partial charge in [0.2, 0.25) is 0 Å². The quantitative estimate of drug-likeness (QED) is 0.567. The Bertz CT molecular complexity index is 314. The summed E-state index contributed by atoms with van der Waals surface area (Å²) < 4.78 is 6.11. The highest BCUT2D eigenvalue weighted by Gasteiger charge is 2.90. The second-order valence-electron chi connectivity index (χ2n) is 6.17. The smallest absolute Gasteiger partial charge is 0.0649 e. The molecule has 0 aromatic rings. The van der Waals surface area contributed by atoms with Crippen molar-refractivity contribution in [3.8, 4) is 0 Å². The molecule has 0 aromatic carbocycles. The van der Waals surface area contributed by atoms with Crippen LogP contribution in [0.5, 0.6) is 0 Å². The van der Waals surface area contributed by atoms with Crippen LogP contribution in [0.4, 0.5) is 0 Å². The molecule has 5 saturated carbocycles. The second-order valence-corrected chi connectivity index (χ2v) is 6.17. The number of ether oxygens (including phenoxy) is 1. The van der Waals surface area contributed by atoms with Crippen molar-refractivity contribution < 1.29 is 9.84 Å². The summed E-state index contributed by atoms with van der Waals surface area (Å²) in [5, 5.41) is 10.2. The molecule has 2 saturated heterocycles. The van der Waals surface area contributed by atoms with Crippen LogP contribution in [-0.4, -0.2) is 23.4 Å². The molecule has 0 spiro atoms. The molecular weight excluding hydrogens is 164 g/mol. The van der Waals surface area contributed by atoms with E-state index in [1.807, 2.05) is 0 Å². The molecule has 68 valence electrons. The fraction of sp³-hybridized carbons (Fsp3) is 1.00. The van der Waals surface area contributed by atoms with Gasteiger partial charge >= 0.3 is 0 Å². The lowest BCUT2D eigenvalue weighted by Gasteiger charge is -2.42. The maximum Gasteiger partial charge on any atom is 0.0649 e. The van der Waals surface area contributed by atoms with E-state index in [1.165, 1.54) is 0 Å². The average Bonchev–Trinajstić information content (AvgIpc) is 2.65. The Morgan fingerprint density at radius 1 is 0.615 bits per heavy atom. The van der Waals surface area contributed by atoms with Crippen molar-refractivity contribution in [2.75, 3.05) is 0 Å². The summed E-state index contributed by atoms with van der Waals surface area (Å²) in [6.45, 7) is 0. The highest BCUT2D eigenvalue weighted by Crippen LogP contribution is 2.86. The molecule has 4 bridgehead atoms. The van der Waals surface area contributed by atoms with E-state index in [4.69, 9.17) is 4.74 Å². The SMILES string of the molecule is OC1[C@@H]2[C@H]3[C@@H]4[C@@H]5O[C@@H]6[C@@H]4[C@H]3[C@H]1[C@@H]6[C@@H]52. The summed E-state index contributed by atoms with van der Waals surface area (Å²) in [5.74, 6) is 6.58. The molecule has 13 heavy (non-hydrogen) atoms. The van der Waals surface area contributed by atoms with E-state index in [-0.39, 0.29) is 6.10 Å². The number of aliphatic hydroxyl groups excluding tert-OH is 1. The van der Waals surface area contributed by atoms with Crippen LogP contribution < -0.4 is 0 Å². The normalized spacial score (nSPS) is 93.5.